The second kappa shape index (κ2) is 4.11. The van der Waals surface area contributed by atoms with Crippen LogP contribution in [0.1, 0.15) is 25.7 Å². The fourth-order valence-electron chi connectivity index (χ4n) is 1.44. The summed E-state index contributed by atoms with van der Waals surface area (Å²) in [5.74, 6) is 0. The van der Waals surface area contributed by atoms with E-state index in [1.807, 2.05) is 11.8 Å². The molecule has 0 aromatic carbocycles. The maximum absolute atomic E-state index is 4.37. The summed E-state index contributed by atoms with van der Waals surface area (Å²) in [5.41, 5.74) is 0. The molecule has 1 heterocycles. The van der Waals surface area contributed by atoms with E-state index in [1.165, 1.54) is 30.0 Å². The van der Waals surface area contributed by atoms with E-state index < -0.39 is 0 Å². The van der Waals surface area contributed by atoms with Gasteiger partial charge in [0.1, 0.15) is 4.60 Å². The van der Waals surface area contributed by atoms with Crippen molar-refractivity contribution < 1.29 is 0 Å². The maximum Gasteiger partial charge on any atom is 0.151 e. The molecular formula is C8H10BrNS2. The molecule has 0 bridgehead atoms. The van der Waals surface area contributed by atoms with Crippen LogP contribution in [0.5, 0.6) is 0 Å². The van der Waals surface area contributed by atoms with Crippen LogP contribution in [-0.2, 0) is 0 Å². The van der Waals surface area contributed by atoms with Gasteiger partial charge in [-0.15, -0.1) is 11.3 Å². The van der Waals surface area contributed by atoms with Gasteiger partial charge in [-0.1, -0.05) is 24.6 Å². The van der Waals surface area contributed by atoms with E-state index in [1.54, 1.807) is 11.3 Å². The van der Waals surface area contributed by atoms with Crippen molar-refractivity contribution >= 4 is 39.0 Å². The summed E-state index contributed by atoms with van der Waals surface area (Å²) in [6, 6.07) is 0. The molecule has 4 heteroatoms. The predicted molar refractivity (Wildman–Crippen MR) is 57.9 cm³/mol. The molecular weight excluding hydrogens is 254 g/mol. The lowest BCUT2D eigenvalue weighted by Gasteiger charge is -2.03. The first kappa shape index (κ1) is 9.03. The van der Waals surface area contributed by atoms with E-state index in [-0.39, 0.29) is 0 Å². The minimum Gasteiger partial charge on any atom is -0.223 e. The van der Waals surface area contributed by atoms with E-state index in [4.69, 9.17) is 0 Å². The van der Waals surface area contributed by atoms with Crippen molar-refractivity contribution in [2.75, 3.05) is 0 Å². The van der Waals surface area contributed by atoms with Crippen molar-refractivity contribution in [3.8, 4) is 0 Å². The standard InChI is InChI=1S/C8H10BrNS2/c9-7-5-11-8(10-7)12-6-3-1-2-4-6/h5-6H,1-4H2. The lowest BCUT2D eigenvalue weighted by Crippen LogP contribution is -1.92. The van der Waals surface area contributed by atoms with Gasteiger partial charge in [-0.05, 0) is 28.8 Å². The van der Waals surface area contributed by atoms with Crippen LogP contribution in [0.15, 0.2) is 14.3 Å². The van der Waals surface area contributed by atoms with Crippen LogP contribution in [0.3, 0.4) is 0 Å². The summed E-state index contributed by atoms with van der Waals surface area (Å²) in [4.78, 5) is 4.37. The number of hydrogen-bond donors (Lipinski definition) is 0. The quantitative estimate of drug-likeness (QED) is 0.802. The van der Waals surface area contributed by atoms with Gasteiger partial charge in [0.15, 0.2) is 4.34 Å². The SMILES string of the molecule is Brc1csc(SC2CCCC2)n1. The second-order valence-corrected chi connectivity index (χ2v) is 6.18. The minimum absolute atomic E-state index is 0.836. The maximum atomic E-state index is 4.37. The van der Waals surface area contributed by atoms with Gasteiger partial charge < -0.3 is 0 Å². The molecule has 0 saturated heterocycles. The molecule has 1 aromatic rings. The topological polar surface area (TPSA) is 12.9 Å². The van der Waals surface area contributed by atoms with E-state index in [2.05, 4.69) is 26.3 Å². The Labute approximate surface area is 89.1 Å². The molecule has 1 aliphatic rings. The Morgan fingerprint density at radius 3 is 2.83 bits per heavy atom. The fourth-order valence-corrected chi connectivity index (χ4v) is 4.32. The van der Waals surface area contributed by atoms with Crippen LogP contribution in [0.4, 0.5) is 0 Å². The van der Waals surface area contributed by atoms with Crippen molar-refractivity contribution in [3.63, 3.8) is 0 Å². The number of rotatable bonds is 2. The third-order valence-electron chi connectivity index (χ3n) is 2.02. The van der Waals surface area contributed by atoms with Crippen molar-refractivity contribution in [1.82, 2.24) is 4.98 Å². The molecule has 1 fully saturated rings. The largest absolute Gasteiger partial charge is 0.223 e. The number of thioether (sulfide) groups is 1. The Morgan fingerprint density at radius 1 is 1.50 bits per heavy atom. The van der Waals surface area contributed by atoms with Gasteiger partial charge in [-0.3, -0.25) is 0 Å². The molecule has 0 atom stereocenters. The first-order valence-corrected chi connectivity index (χ1v) is 6.67. The smallest absolute Gasteiger partial charge is 0.151 e. The van der Waals surface area contributed by atoms with Crippen molar-refractivity contribution in [2.45, 2.75) is 35.3 Å². The van der Waals surface area contributed by atoms with E-state index in [0.717, 1.165) is 9.85 Å². The number of aromatic nitrogens is 1. The average Bonchev–Trinajstić information content (AvgIpc) is 2.63. The van der Waals surface area contributed by atoms with Crippen molar-refractivity contribution in [2.24, 2.45) is 0 Å². The number of nitrogens with zero attached hydrogens (tertiary/aromatic N) is 1. The second-order valence-electron chi connectivity index (χ2n) is 2.96. The molecule has 1 aromatic heterocycles. The molecule has 0 aliphatic heterocycles. The molecule has 1 nitrogen and oxygen atoms in total. The number of thiazole rings is 1. The Balaban J connectivity index is 1.94. The normalized spacial score (nSPS) is 18.8. The Kier molecular flexibility index (Phi) is 3.10. The van der Waals surface area contributed by atoms with E-state index >= 15 is 0 Å². The highest BCUT2D eigenvalue weighted by Crippen LogP contribution is 2.36. The van der Waals surface area contributed by atoms with Crippen LogP contribution in [-0.4, -0.2) is 10.2 Å². The number of hydrogen-bond acceptors (Lipinski definition) is 3. The summed E-state index contributed by atoms with van der Waals surface area (Å²) in [6.45, 7) is 0. The van der Waals surface area contributed by atoms with Gasteiger partial charge in [0, 0.05) is 10.6 Å². The van der Waals surface area contributed by atoms with E-state index in [0.29, 0.717) is 0 Å². The van der Waals surface area contributed by atoms with Crippen LogP contribution in [0, 0.1) is 0 Å². The summed E-state index contributed by atoms with van der Waals surface area (Å²) in [5, 5.41) is 2.89. The Hall–Kier alpha value is 0.460. The molecule has 0 radical (unpaired) electrons. The zero-order chi connectivity index (χ0) is 8.39. The predicted octanol–water partition coefficient (Wildman–Crippen LogP) is 3.94. The Morgan fingerprint density at radius 2 is 2.25 bits per heavy atom. The fraction of sp³-hybridized carbons (Fsp3) is 0.625. The summed E-state index contributed by atoms with van der Waals surface area (Å²) < 4.78 is 2.20. The van der Waals surface area contributed by atoms with Crippen LogP contribution >= 0.6 is 39.0 Å². The first-order chi connectivity index (χ1) is 5.84. The number of halogens is 1. The van der Waals surface area contributed by atoms with Gasteiger partial charge in [-0.2, -0.15) is 0 Å². The van der Waals surface area contributed by atoms with Gasteiger partial charge in [-0.25, -0.2) is 4.98 Å². The van der Waals surface area contributed by atoms with Crippen LogP contribution in [0.2, 0.25) is 0 Å². The molecule has 66 valence electrons. The third kappa shape index (κ3) is 2.24. The first-order valence-electron chi connectivity index (χ1n) is 4.12. The highest BCUT2D eigenvalue weighted by atomic mass is 79.9. The zero-order valence-electron chi connectivity index (χ0n) is 6.62. The lowest BCUT2D eigenvalue weighted by atomic mass is 10.4. The molecule has 1 saturated carbocycles. The third-order valence-corrected chi connectivity index (χ3v) is 5.04. The van der Waals surface area contributed by atoms with Gasteiger partial charge in [0.25, 0.3) is 0 Å². The highest BCUT2D eigenvalue weighted by Gasteiger charge is 2.17. The lowest BCUT2D eigenvalue weighted by molar-refractivity contribution is 0.886. The summed E-state index contributed by atoms with van der Waals surface area (Å²) >= 11 is 7.06. The molecule has 0 amide bonds. The van der Waals surface area contributed by atoms with Crippen molar-refractivity contribution in [3.05, 3.63) is 9.98 Å². The molecule has 12 heavy (non-hydrogen) atoms. The summed E-state index contributed by atoms with van der Waals surface area (Å²) in [7, 11) is 0. The molecule has 0 spiro atoms. The van der Waals surface area contributed by atoms with Gasteiger partial charge in [0.05, 0.1) is 0 Å². The molecule has 0 unspecified atom stereocenters. The monoisotopic (exact) mass is 263 g/mol. The average molecular weight is 264 g/mol. The van der Waals surface area contributed by atoms with Crippen molar-refractivity contribution in [1.29, 1.82) is 0 Å². The molecule has 0 N–H and O–H groups in total. The molecule has 2 rings (SSSR count). The summed E-state index contributed by atoms with van der Waals surface area (Å²) in [6.07, 6.45) is 5.57. The minimum atomic E-state index is 0.836. The van der Waals surface area contributed by atoms with Crippen LogP contribution in [0.25, 0.3) is 0 Å². The van der Waals surface area contributed by atoms with Gasteiger partial charge >= 0.3 is 0 Å². The Bertz CT molecular complexity index is 255. The molecule has 1 aliphatic carbocycles. The zero-order valence-corrected chi connectivity index (χ0v) is 9.84. The van der Waals surface area contributed by atoms with Crippen LogP contribution < -0.4 is 0 Å². The van der Waals surface area contributed by atoms with E-state index in [9.17, 15) is 0 Å². The van der Waals surface area contributed by atoms with Gasteiger partial charge in [0.2, 0.25) is 0 Å². The highest BCUT2D eigenvalue weighted by molar-refractivity contribution is 9.10.